The molecule has 0 unspecified atom stereocenters. The third-order valence-electron chi connectivity index (χ3n) is 4.41. The largest absolute Gasteiger partial charge is 0.300 e. The molecule has 1 aliphatic rings. The summed E-state index contributed by atoms with van der Waals surface area (Å²) in [4.78, 5) is 12.6. The molecule has 1 amide bonds. The van der Waals surface area contributed by atoms with Crippen molar-refractivity contribution in [3.63, 3.8) is 0 Å². The van der Waals surface area contributed by atoms with Crippen LogP contribution >= 0.6 is 11.3 Å². The summed E-state index contributed by atoms with van der Waals surface area (Å²) in [5.41, 5.74) is 2.28. The van der Waals surface area contributed by atoms with E-state index in [4.69, 9.17) is 0 Å². The molecule has 4 nitrogen and oxygen atoms in total. The van der Waals surface area contributed by atoms with E-state index in [1.807, 2.05) is 36.4 Å². The number of amides is 1. The monoisotopic (exact) mass is 349 g/mol. The summed E-state index contributed by atoms with van der Waals surface area (Å²) in [5.74, 6) is 0.555. The molecule has 0 bridgehead atoms. The van der Waals surface area contributed by atoms with Gasteiger partial charge in [0.25, 0.3) is 0 Å². The molecule has 0 radical (unpaired) electrons. The van der Waals surface area contributed by atoms with Crippen molar-refractivity contribution >= 4 is 22.4 Å². The lowest BCUT2D eigenvalue weighted by molar-refractivity contribution is -0.116. The Hall–Kier alpha value is -2.53. The van der Waals surface area contributed by atoms with Crippen LogP contribution in [-0.4, -0.2) is 16.1 Å². The number of carbonyl (C=O) groups is 1. The Morgan fingerprint density at radius 3 is 2.16 bits per heavy atom. The molecule has 2 aromatic carbocycles. The lowest BCUT2D eigenvalue weighted by Gasteiger charge is -2.17. The first-order valence-corrected chi connectivity index (χ1v) is 9.34. The smallest absolute Gasteiger partial charge is 0.227 e. The third kappa shape index (κ3) is 3.94. The molecule has 1 saturated carbocycles. The lowest BCUT2D eigenvalue weighted by Crippen LogP contribution is -2.16. The zero-order valence-corrected chi connectivity index (χ0v) is 14.6. The van der Waals surface area contributed by atoms with Gasteiger partial charge in [-0.2, -0.15) is 0 Å². The van der Waals surface area contributed by atoms with Gasteiger partial charge >= 0.3 is 0 Å². The summed E-state index contributed by atoms with van der Waals surface area (Å²) in [6.07, 6.45) is 2.76. The van der Waals surface area contributed by atoms with Crippen LogP contribution in [0.4, 0.5) is 5.13 Å². The number of nitrogens with zero attached hydrogens (tertiary/aromatic N) is 2. The second-order valence-corrected chi connectivity index (χ2v) is 7.36. The molecule has 0 spiro atoms. The summed E-state index contributed by atoms with van der Waals surface area (Å²) < 4.78 is 0. The van der Waals surface area contributed by atoms with Crippen molar-refractivity contribution in [3.05, 3.63) is 76.8 Å². The number of nitrogens with one attached hydrogen (secondary N) is 1. The maximum Gasteiger partial charge on any atom is 0.227 e. The van der Waals surface area contributed by atoms with Crippen molar-refractivity contribution in [2.45, 2.75) is 31.1 Å². The molecule has 1 heterocycles. The minimum absolute atomic E-state index is 0.0261. The molecule has 1 aliphatic carbocycles. The van der Waals surface area contributed by atoms with E-state index in [0.717, 1.165) is 16.1 Å². The number of hydrogen-bond acceptors (Lipinski definition) is 4. The average molecular weight is 349 g/mol. The highest BCUT2D eigenvalue weighted by atomic mass is 32.1. The van der Waals surface area contributed by atoms with Gasteiger partial charge in [-0.05, 0) is 24.0 Å². The SMILES string of the molecule is O=C(CC(c1ccccc1)c1ccccc1)Nc1nnc(C2CC2)s1. The van der Waals surface area contributed by atoms with Gasteiger partial charge in [0.05, 0.1) is 0 Å². The first kappa shape index (κ1) is 16.0. The van der Waals surface area contributed by atoms with Gasteiger partial charge in [-0.3, -0.25) is 4.79 Å². The van der Waals surface area contributed by atoms with Crippen molar-refractivity contribution in [1.29, 1.82) is 0 Å². The molecule has 1 fully saturated rings. The second-order valence-electron chi connectivity index (χ2n) is 6.35. The number of anilines is 1. The molecule has 1 N–H and O–H groups in total. The fourth-order valence-corrected chi connectivity index (χ4v) is 3.86. The molecule has 3 aromatic rings. The number of carbonyl (C=O) groups excluding carboxylic acids is 1. The van der Waals surface area contributed by atoms with Crippen molar-refractivity contribution < 1.29 is 4.79 Å². The molecule has 5 heteroatoms. The van der Waals surface area contributed by atoms with Crippen molar-refractivity contribution in [2.75, 3.05) is 5.32 Å². The van der Waals surface area contributed by atoms with Crippen LogP contribution in [0.1, 0.15) is 47.2 Å². The highest BCUT2D eigenvalue weighted by molar-refractivity contribution is 7.15. The maximum absolute atomic E-state index is 12.6. The number of benzene rings is 2. The Morgan fingerprint density at radius 1 is 1.00 bits per heavy atom. The first-order chi connectivity index (χ1) is 12.3. The van der Waals surface area contributed by atoms with Crippen LogP contribution in [0.2, 0.25) is 0 Å². The Kier molecular flexibility index (Phi) is 4.57. The van der Waals surface area contributed by atoms with Crippen molar-refractivity contribution in [2.24, 2.45) is 0 Å². The molecular formula is C20H19N3OS. The summed E-state index contributed by atoms with van der Waals surface area (Å²) in [5, 5.41) is 12.9. The van der Waals surface area contributed by atoms with E-state index in [2.05, 4.69) is 39.8 Å². The molecular weight excluding hydrogens is 330 g/mol. The zero-order valence-electron chi connectivity index (χ0n) is 13.8. The van der Waals surface area contributed by atoms with Gasteiger partial charge in [0.15, 0.2) is 0 Å². The van der Waals surface area contributed by atoms with E-state index in [9.17, 15) is 4.79 Å². The van der Waals surface area contributed by atoms with Crippen molar-refractivity contribution in [3.8, 4) is 0 Å². The van der Waals surface area contributed by atoms with Crippen LogP contribution in [0, 0.1) is 0 Å². The van der Waals surface area contributed by atoms with E-state index in [1.165, 1.54) is 24.2 Å². The topological polar surface area (TPSA) is 54.9 Å². The van der Waals surface area contributed by atoms with Crippen LogP contribution in [0.5, 0.6) is 0 Å². The molecule has 0 aliphatic heterocycles. The standard InChI is InChI=1S/C20H19N3OS/c24-18(21-20-23-22-19(25-20)16-11-12-16)13-17(14-7-3-1-4-8-14)15-9-5-2-6-10-15/h1-10,16-17H,11-13H2,(H,21,23,24). The quantitative estimate of drug-likeness (QED) is 0.709. The predicted molar refractivity (Wildman–Crippen MR) is 99.9 cm³/mol. The normalized spacial score (nSPS) is 13.8. The van der Waals surface area contributed by atoms with Gasteiger partial charge in [0, 0.05) is 18.3 Å². The summed E-state index contributed by atoms with van der Waals surface area (Å²) in [6, 6.07) is 20.3. The molecule has 25 heavy (non-hydrogen) atoms. The van der Waals surface area contributed by atoms with E-state index < -0.39 is 0 Å². The maximum atomic E-state index is 12.6. The van der Waals surface area contributed by atoms with Gasteiger partial charge in [-0.15, -0.1) is 10.2 Å². The fraction of sp³-hybridized carbons (Fsp3) is 0.250. The Bertz CT molecular complexity index is 804. The van der Waals surface area contributed by atoms with E-state index in [1.54, 1.807) is 0 Å². The van der Waals surface area contributed by atoms with Crippen LogP contribution in [0.25, 0.3) is 0 Å². The Labute approximate surface area is 150 Å². The molecule has 0 saturated heterocycles. The predicted octanol–water partition coefficient (Wildman–Crippen LogP) is 4.58. The first-order valence-electron chi connectivity index (χ1n) is 8.53. The van der Waals surface area contributed by atoms with Crippen LogP contribution in [0.3, 0.4) is 0 Å². The number of aromatic nitrogens is 2. The highest BCUT2D eigenvalue weighted by Gasteiger charge is 2.28. The lowest BCUT2D eigenvalue weighted by atomic mass is 9.88. The van der Waals surface area contributed by atoms with Gasteiger partial charge in [-0.1, -0.05) is 72.0 Å². The molecule has 4 rings (SSSR count). The van der Waals surface area contributed by atoms with E-state index >= 15 is 0 Å². The number of hydrogen-bond donors (Lipinski definition) is 1. The van der Waals surface area contributed by atoms with Gasteiger partial charge in [-0.25, -0.2) is 0 Å². The van der Waals surface area contributed by atoms with Gasteiger partial charge in [0.2, 0.25) is 11.0 Å². The molecule has 0 atom stereocenters. The van der Waals surface area contributed by atoms with Crippen LogP contribution in [-0.2, 0) is 4.79 Å². The second kappa shape index (κ2) is 7.15. The minimum atomic E-state index is -0.0313. The van der Waals surface area contributed by atoms with Gasteiger partial charge in [0.1, 0.15) is 5.01 Å². The Balaban J connectivity index is 1.50. The minimum Gasteiger partial charge on any atom is -0.300 e. The van der Waals surface area contributed by atoms with Crippen LogP contribution in [0.15, 0.2) is 60.7 Å². The molecule has 1 aromatic heterocycles. The van der Waals surface area contributed by atoms with Gasteiger partial charge < -0.3 is 5.32 Å². The highest BCUT2D eigenvalue weighted by Crippen LogP contribution is 2.42. The summed E-state index contributed by atoms with van der Waals surface area (Å²) >= 11 is 1.50. The summed E-state index contributed by atoms with van der Waals surface area (Å²) in [7, 11) is 0. The van der Waals surface area contributed by atoms with Crippen LogP contribution < -0.4 is 5.32 Å². The Morgan fingerprint density at radius 2 is 1.60 bits per heavy atom. The summed E-state index contributed by atoms with van der Waals surface area (Å²) in [6.45, 7) is 0. The van der Waals surface area contributed by atoms with Crippen molar-refractivity contribution in [1.82, 2.24) is 10.2 Å². The number of rotatable bonds is 6. The van der Waals surface area contributed by atoms with E-state index in [-0.39, 0.29) is 11.8 Å². The fourth-order valence-electron chi connectivity index (χ4n) is 2.93. The average Bonchev–Trinajstić information content (AvgIpc) is 3.41. The van der Waals surface area contributed by atoms with E-state index in [0.29, 0.717) is 17.5 Å². The zero-order chi connectivity index (χ0) is 17.1. The molecule has 126 valence electrons. The third-order valence-corrected chi connectivity index (χ3v) is 5.41.